The van der Waals surface area contributed by atoms with Crippen molar-refractivity contribution in [2.75, 3.05) is 20.3 Å². The first-order chi connectivity index (χ1) is 9.31. The SMILES string of the molecule is COCCC1(CNC2CC(c3ccccc3)C2)CC1. The molecule has 2 aliphatic rings. The van der Waals surface area contributed by atoms with Crippen LogP contribution in [0.1, 0.15) is 43.6 Å². The standard InChI is InChI=1S/C17H25NO/c1-19-10-9-17(7-8-17)13-18-16-11-15(12-16)14-5-3-2-4-6-14/h2-6,15-16,18H,7-13H2,1H3. The molecule has 0 amide bonds. The Morgan fingerprint density at radius 1 is 1.21 bits per heavy atom. The molecule has 0 atom stereocenters. The van der Waals surface area contributed by atoms with Gasteiger partial charge in [0.05, 0.1) is 0 Å². The molecule has 1 N–H and O–H groups in total. The van der Waals surface area contributed by atoms with Crippen LogP contribution in [0.4, 0.5) is 0 Å². The summed E-state index contributed by atoms with van der Waals surface area (Å²) in [7, 11) is 1.81. The van der Waals surface area contributed by atoms with Crippen molar-refractivity contribution in [1.82, 2.24) is 5.32 Å². The zero-order valence-electron chi connectivity index (χ0n) is 11.9. The minimum atomic E-state index is 0.577. The Labute approximate surface area is 116 Å². The molecule has 0 saturated heterocycles. The van der Waals surface area contributed by atoms with E-state index in [4.69, 9.17) is 4.74 Å². The average Bonchev–Trinajstić information content (AvgIpc) is 3.16. The van der Waals surface area contributed by atoms with Crippen LogP contribution >= 0.6 is 0 Å². The highest BCUT2D eigenvalue weighted by Gasteiger charge is 2.42. The minimum Gasteiger partial charge on any atom is -0.385 e. The third-order valence-corrected chi connectivity index (χ3v) is 4.97. The molecule has 2 aliphatic carbocycles. The van der Waals surface area contributed by atoms with E-state index in [0.29, 0.717) is 5.41 Å². The highest BCUT2D eigenvalue weighted by Crippen LogP contribution is 2.48. The van der Waals surface area contributed by atoms with Crippen LogP contribution < -0.4 is 5.32 Å². The van der Waals surface area contributed by atoms with Gasteiger partial charge in [-0.25, -0.2) is 0 Å². The summed E-state index contributed by atoms with van der Waals surface area (Å²) in [5, 5.41) is 3.77. The van der Waals surface area contributed by atoms with Crippen molar-refractivity contribution in [3.05, 3.63) is 35.9 Å². The Hall–Kier alpha value is -0.860. The number of hydrogen-bond acceptors (Lipinski definition) is 2. The summed E-state index contributed by atoms with van der Waals surface area (Å²) in [5.41, 5.74) is 2.09. The van der Waals surface area contributed by atoms with Crippen LogP contribution in [0.25, 0.3) is 0 Å². The topological polar surface area (TPSA) is 21.3 Å². The van der Waals surface area contributed by atoms with Crippen molar-refractivity contribution in [3.63, 3.8) is 0 Å². The molecule has 2 saturated carbocycles. The van der Waals surface area contributed by atoms with Gasteiger partial charge in [-0.05, 0) is 49.0 Å². The van der Waals surface area contributed by atoms with Gasteiger partial charge >= 0.3 is 0 Å². The van der Waals surface area contributed by atoms with Gasteiger partial charge in [0, 0.05) is 26.3 Å². The highest BCUT2D eigenvalue weighted by molar-refractivity contribution is 5.22. The summed E-state index contributed by atoms with van der Waals surface area (Å²) in [5.74, 6) is 0.785. The summed E-state index contributed by atoms with van der Waals surface area (Å²) in [4.78, 5) is 0. The molecule has 0 spiro atoms. The first kappa shape index (κ1) is 13.1. The zero-order chi connectivity index (χ0) is 13.1. The third kappa shape index (κ3) is 3.18. The fraction of sp³-hybridized carbons (Fsp3) is 0.647. The van der Waals surface area contributed by atoms with E-state index in [1.165, 1.54) is 44.2 Å². The Morgan fingerprint density at radius 3 is 2.58 bits per heavy atom. The molecule has 0 aromatic heterocycles. The van der Waals surface area contributed by atoms with Gasteiger partial charge in [0.2, 0.25) is 0 Å². The van der Waals surface area contributed by atoms with Gasteiger partial charge in [-0.15, -0.1) is 0 Å². The van der Waals surface area contributed by atoms with Crippen LogP contribution in [0.5, 0.6) is 0 Å². The van der Waals surface area contributed by atoms with Crippen molar-refractivity contribution in [2.45, 2.75) is 44.1 Å². The number of rotatable bonds is 7. The maximum Gasteiger partial charge on any atom is 0.0468 e. The lowest BCUT2D eigenvalue weighted by Gasteiger charge is -2.37. The Bertz CT molecular complexity index is 393. The number of hydrogen-bond donors (Lipinski definition) is 1. The van der Waals surface area contributed by atoms with Crippen LogP contribution in [-0.4, -0.2) is 26.3 Å². The molecule has 0 heterocycles. The number of ether oxygens (including phenoxy) is 1. The first-order valence-electron chi connectivity index (χ1n) is 7.59. The smallest absolute Gasteiger partial charge is 0.0468 e. The second-order valence-corrected chi connectivity index (χ2v) is 6.40. The van der Waals surface area contributed by atoms with Crippen LogP contribution in [-0.2, 0) is 4.74 Å². The number of benzene rings is 1. The van der Waals surface area contributed by atoms with Gasteiger partial charge in [0.25, 0.3) is 0 Å². The molecule has 104 valence electrons. The predicted octanol–water partition coefficient (Wildman–Crippen LogP) is 3.34. The second kappa shape index (κ2) is 5.64. The molecule has 0 aliphatic heterocycles. The van der Waals surface area contributed by atoms with Gasteiger partial charge in [-0.1, -0.05) is 30.3 Å². The van der Waals surface area contributed by atoms with Gasteiger partial charge < -0.3 is 10.1 Å². The zero-order valence-corrected chi connectivity index (χ0v) is 11.9. The molecule has 2 fully saturated rings. The largest absolute Gasteiger partial charge is 0.385 e. The quantitative estimate of drug-likeness (QED) is 0.811. The summed E-state index contributed by atoms with van der Waals surface area (Å²) < 4.78 is 5.21. The molecule has 0 bridgehead atoms. The number of methoxy groups -OCH3 is 1. The van der Waals surface area contributed by atoms with Crippen LogP contribution in [0.2, 0.25) is 0 Å². The van der Waals surface area contributed by atoms with Crippen LogP contribution in [0, 0.1) is 5.41 Å². The molecule has 3 rings (SSSR count). The second-order valence-electron chi connectivity index (χ2n) is 6.40. The summed E-state index contributed by atoms with van der Waals surface area (Å²) in [6.45, 7) is 2.11. The minimum absolute atomic E-state index is 0.577. The lowest BCUT2D eigenvalue weighted by atomic mass is 9.75. The van der Waals surface area contributed by atoms with Crippen LogP contribution in [0.3, 0.4) is 0 Å². The molecule has 1 aromatic rings. The summed E-state index contributed by atoms with van der Waals surface area (Å²) in [6, 6.07) is 11.7. The van der Waals surface area contributed by atoms with Gasteiger partial charge in [-0.3, -0.25) is 0 Å². The summed E-state index contributed by atoms with van der Waals surface area (Å²) >= 11 is 0. The van der Waals surface area contributed by atoms with E-state index in [1.807, 2.05) is 0 Å². The monoisotopic (exact) mass is 259 g/mol. The van der Waals surface area contributed by atoms with Gasteiger partial charge in [0.1, 0.15) is 0 Å². The average molecular weight is 259 g/mol. The van der Waals surface area contributed by atoms with E-state index in [1.54, 1.807) is 7.11 Å². The Kier molecular flexibility index (Phi) is 3.90. The molecule has 2 nitrogen and oxygen atoms in total. The number of nitrogens with one attached hydrogen (secondary N) is 1. The van der Waals surface area contributed by atoms with E-state index in [-0.39, 0.29) is 0 Å². The lowest BCUT2D eigenvalue weighted by molar-refractivity contribution is 0.166. The fourth-order valence-corrected chi connectivity index (χ4v) is 3.15. The molecular formula is C17H25NO. The third-order valence-electron chi connectivity index (χ3n) is 4.97. The fourth-order valence-electron chi connectivity index (χ4n) is 3.15. The Balaban J connectivity index is 1.38. The van der Waals surface area contributed by atoms with Crippen LogP contribution in [0.15, 0.2) is 30.3 Å². The maximum absolute atomic E-state index is 5.21. The van der Waals surface area contributed by atoms with E-state index in [9.17, 15) is 0 Å². The van der Waals surface area contributed by atoms with E-state index >= 15 is 0 Å². The molecule has 19 heavy (non-hydrogen) atoms. The van der Waals surface area contributed by atoms with Crippen molar-refractivity contribution >= 4 is 0 Å². The molecule has 0 radical (unpaired) electrons. The van der Waals surface area contributed by atoms with Crippen molar-refractivity contribution in [1.29, 1.82) is 0 Å². The normalized spacial score (nSPS) is 27.8. The first-order valence-corrected chi connectivity index (χ1v) is 7.59. The van der Waals surface area contributed by atoms with Crippen molar-refractivity contribution in [3.8, 4) is 0 Å². The maximum atomic E-state index is 5.21. The van der Waals surface area contributed by atoms with E-state index in [0.717, 1.165) is 18.6 Å². The lowest BCUT2D eigenvalue weighted by Crippen LogP contribution is -2.42. The van der Waals surface area contributed by atoms with Gasteiger partial charge in [-0.2, -0.15) is 0 Å². The Morgan fingerprint density at radius 2 is 1.95 bits per heavy atom. The molecule has 2 heteroatoms. The van der Waals surface area contributed by atoms with Crippen molar-refractivity contribution in [2.24, 2.45) is 5.41 Å². The molecule has 0 unspecified atom stereocenters. The highest BCUT2D eigenvalue weighted by atomic mass is 16.5. The summed E-state index contributed by atoms with van der Waals surface area (Å²) in [6.07, 6.45) is 6.62. The van der Waals surface area contributed by atoms with E-state index < -0.39 is 0 Å². The molecule has 1 aromatic carbocycles. The molecular weight excluding hydrogens is 234 g/mol. The van der Waals surface area contributed by atoms with Gasteiger partial charge in [0.15, 0.2) is 0 Å². The van der Waals surface area contributed by atoms with Crippen molar-refractivity contribution < 1.29 is 4.74 Å². The van der Waals surface area contributed by atoms with E-state index in [2.05, 4.69) is 35.6 Å². The predicted molar refractivity (Wildman–Crippen MR) is 78.4 cm³/mol.